The molecule has 0 spiro atoms. The van der Waals surface area contributed by atoms with E-state index in [1.165, 1.54) is 24.8 Å². The van der Waals surface area contributed by atoms with Gasteiger partial charge in [-0.1, -0.05) is 30.7 Å². The van der Waals surface area contributed by atoms with Crippen LogP contribution in [-0.4, -0.2) is 31.0 Å². The SMILES string of the molecule is COc1ccc([C@H]2CCCCN(C(=O)[C@@H]3C[C@H]4C=C[C@H]3C4)C2)cc1. The third kappa shape index (κ3) is 2.97. The van der Waals surface area contributed by atoms with E-state index in [2.05, 4.69) is 29.2 Å². The van der Waals surface area contributed by atoms with Gasteiger partial charge in [0, 0.05) is 24.9 Å². The number of ether oxygens (including phenoxy) is 1. The van der Waals surface area contributed by atoms with Gasteiger partial charge in [-0.25, -0.2) is 0 Å². The maximum atomic E-state index is 13.1. The zero-order valence-electron chi connectivity index (χ0n) is 14.5. The fourth-order valence-electron chi connectivity index (χ4n) is 4.79. The third-order valence-corrected chi connectivity index (χ3v) is 6.17. The van der Waals surface area contributed by atoms with Crippen molar-refractivity contribution < 1.29 is 9.53 Å². The first-order chi connectivity index (χ1) is 11.7. The minimum absolute atomic E-state index is 0.245. The van der Waals surface area contributed by atoms with Crippen molar-refractivity contribution >= 4 is 5.91 Å². The summed E-state index contributed by atoms with van der Waals surface area (Å²) in [6.07, 6.45) is 10.4. The number of carbonyl (C=O) groups excluding carboxylic acids is 1. The fraction of sp³-hybridized carbons (Fsp3) is 0.571. The highest BCUT2D eigenvalue weighted by atomic mass is 16.5. The average Bonchev–Trinajstić information content (AvgIpc) is 3.17. The van der Waals surface area contributed by atoms with E-state index in [0.29, 0.717) is 23.7 Å². The third-order valence-electron chi connectivity index (χ3n) is 6.17. The second-order valence-electron chi connectivity index (χ2n) is 7.64. The summed E-state index contributed by atoms with van der Waals surface area (Å²) in [7, 11) is 1.70. The summed E-state index contributed by atoms with van der Waals surface area (Å²) in [6, 6.07) is 8.40. The Bertz CT molecular complexity index is 621. The van der Waals surface area contributed by atoms with E-state index in [0.717, 1.165) is 31.7 Å². The predicted octanol–water partition coefficient (Wildman–Crippen LogP) is 4.00. The normalized spacial score (nSPS) is 32.0. The summed E-state index contributed by atoms with van der Waals surface area (Å²) in [5.74, 6) is 3.17. The molecule has 1 amide bonds. The number of allylic oxidation sites excluding steroid dienone is 2. The molecule has 0 unspecified atom stereocenters. The highest BCUT2D eigenvalue weighted by Crippen LogP contribution is 2.44. The van der Waals surface area contributed by atoms with Crippen molar-refractivity contribution in [2.24, 2.45) is 17.8 Å². The molecule has 1 saturated heterocycles. The lowest BCUT2D eigenvalue weighted by Crippen LogP contribution is -2.39. The van der Waals surface area contributed by atoms with Crippen LogP contribution in [0.25, 0.3) is 0 Å². The molecule has 4 atom stereocenters. The first-order valence-corrected chi connectivity index (χ1v) is 9.35. The molecule has 4 rings (SSSR count). The van der Waals surface area contributed by atoms with Crippen LogP contribution in [0.15, 0.2) is 36.4 Å². The van der Waals surface area contributed by atoms with Crippen LogP contribution in [0.4, 0.5) is 0 Å². The molecule has 1 saturated carbocycles. The molecule has 3 nitrogen and oxygen atoms in total. The lowest BCUT2D eigenvalue weighted by Gasteiger charge is -2.29. The van der Waals surface area contributed by atoms with Crippen LogP contribution < -0.4 is 4.74 Å². The summed E-state index contributed by atoms with van der Waals surface area (Å²) in [5, 5.41) is 0. The lowest BCUT2D eigenvalue weighted by atomic mass is 9.91. The van der Waals surface area contributed by atoms with Crippen LogP contribution in [0.5, 0.6) is 5.75 Å². The van der Waals surface area contributed by atoms with E-state index >= 15 is 0 Å². The van der Waals surface area contributed by atoms with Gasteiger partial charge in [-0.2, -0.15) is 0 Å². The van der Waals surface area contributed by atoms with Crippen LogP contribution in [0.3, 0.4) is 0 Å². The molecule has 0 N–H and O–H groups in total. The summed E-state index contributed by atoms with van der Waals surface area (Å²) in [4.78, 5) is 15.3. The molecule has 0 aromatic heterocycles. The van der Waals surface area contributed by atoms with Gasteiger partial charge in [0.2, 0.25) is 5.91 Å². The van der Waals surface area contributed by atoms with Crippen molar-refractivity contribution in [2.45, 2.75) is 38.0 Å². The summed E-state index contributed by atoms with van der Waals surface area (Å²) in [6.45, 7) is 1.81. The lowest BCUT2D eigenvalue weighted by molar-refractivity contribution is -0.136. The van der Waals surface area contributed by atoms with Crippen LogP contribution >= 0.6 is 0 Å². The van der Waals surface area contributed by atoms with E-state index in [4.69, 9.17) is 4.74 Å². The van der Waals surface area contributed by atoms with E-state index in [1.807, 2.05) is 12.1 Å². The number of rotatable bonds is 3. The molecule has 2 aliphatic carbocycles. The van der Waals surface area contributed by atoms with Gasteiger partial charge in [-0.3, -0.25) is 4.79 Å². The van der Waals surface area contributed by atoms with Crippen LogP contribution in [-0.2, 0) is 4.79 Å². The standard InChI is InChI=1S/C21H27NO2/c1-24-19-9-7-16(8-10-19)18-4-2-3-11-22(14-18)21(23)20-13-15-5-6-17(20)12-15/h5-10,15,17-18,20H,2-4,11-14H2,1H3/t15-,17-,18-,20+/m0/s1. The van der Waals surface area contributed by atoms with Crippen molar-refractivity contribution in [3.63, 3.8) is 0 Å². The van der Waals surface area contributed by atoms with Gasteiger partial charge in [-0.05, 0) is 55.2 Å². The van der Waals surface area contributed by atoms with Crippen LogP contribution in [0.1, 0.15) is 43.6 Å². The number of hydrogen-bond donors (Lipinski definition) is 0. The first kappa shape index (κ1) is 15.7. The van der Waals surface area contributed by atoms with Gasteiger partial charge in [-0.15, -0.1) is 0 Å². The summed E-state index contributed by atoms with van der Waals surface area (Å²) >= 11 is 0. The Labute approximate surface area is 144 Å². The largest absolute Gasteiger partial charge is 0.497 e. The fourth-order valence-corrected chi connectivity index (χ4v) is 4.79. The quantitative estimate of drug-likeness (QED) is 0.786. The Kier molecular flexibility index (Phi) is 4.34. The van der Waals surface area contributed by atoms with Gasteiger partial charge in [0.25, 0.3) is 0 Å². The number of methoxy groups -OCH3 is 1. The Balaban J connectivity index is 1.47. The monoisotopic (exact) mass is 325 g/mol. The Morgan fingerprint density at radius 2 is 1.96 bits per heavy atom. The number of fused-ring (bicyclic) bond motifs is 2. The number of benzene rings is 1. The summed E-state index contributed by atoms with van der Waals surface area (Å²) < 4.78 is 5.27. The van der Waals surface area contributed by atoms with Crippen molar-refractivity contribution in [1.29, 1.82) is 0 Å². The maximum absolute atomic E-state index is 13.1. The van der Waals surface area contributed by atoms with Gasteiger partial charge in [0.1, 0.15) is 5.75 Å². The molecule has 128 valence electrons. The number of carbonyl (C=O) groups is 1. The molecule has 1 aromatic rings. The van der Waals surface area contributed by atoms with Gasteiger partial charge < -0.3 is 9.64 Å². The molecule has 3 aliphatic rings. The second-order valence-corrected chi connectivity index (χ2v) is 7.64. The molecule has 24 heavy (non-hydrogen) atoms. The number of amides is 1. The van der Waals surface area contributed by atoms with Crippen molar-refractivity contribution in [3.8, 4) is 5.75 Å². The zero-order valence-corrected chi connectivity index (χ0v) is 14.5. The number of hydrogen-bond acceptors (Lipinski definition) is 2. The number of nitrogens with zero attached hydrogens (tertiary/aromatic N) is 1. The molecule has 2 bridgehead atoms. The topological polar surface area (TPSA) is 29.5 Å². The second kappa shape index (κ2) is 6.62. The minimum atomic E-state index is 0.245. The van der Waals surface area contributed by atoms with Crippen molar-refractivity contribution in [1.82, 2.24) is 4.90 Å². The Hall–Kier alpha value is -1.77. The molecule has 0 radical (unpaired) electrons. The molecule has 1 aromatic carbocycles. The highest BCUT2D eigenvalue weighted by Gasteiger charge is 2.41. The van der Waals surface area contributed by atoms with Crippen molar-refractivity contribution in [2.75, 3.05) is 20.2 Å². The molecule has 2 fully saturated rings. The predicted molar refractivity (Wildman–Crippen MR) is 95.0 cm³/mol. The minimum Gasteiger partial charge on any atom is -0.497 e. The molecule has 1 heterocycles. The van der Waals surface area contributed by atoms with Gasteiger partial charge in [0.05, 0.1) is 7.11 Å². The highest BCUT2D eigenvalue weighted by molar-refractivity contribution is 5.80. The van der Waals surface area contributed by atoms with Crippen molar-refractivity contribution in [3.05, 3.63) is 42.0 Å². The van der Waals surface area contributed by atoms with Gasteiger partial charge >= 0.3 is 0 Å². The zero-order chi connectivity index (χ0) is 16.5. The summed E-state index contributed by atoms with van der Waals surface area (Å²) in [5.41, 5.74) is 1.34. The maximum Gasteiger partial charge on any atom is 0.226 e. The van der Waals surface area contributed by atoms with E-state index in [9.17, 15) is 4.79 Å². The first-order valence-electron chi connectivity index (χ1n) is 9.35. The smallest absolute Gasteiger partial charge is 0.226 e. The van der Waals surface area contributed by atoms with E-state index in [-0.39, 0.29) is 5.92 Å². The molecule has 1 aliphatic heterocycles. The van der Waals surface area contributed by atoms with Crippen LogP contribution in [0, 0.1) is 17.8 Å². The molecular weight excluding hydrogens is 298 g/mol. The number of likely N-dealkylation sites (tertiary alicyclic amines) is 1. The Morgan fingerprint density at radius 3 is 2.62 bits per heavy atom. The van der Waals surface area contributed by atoms with Gasteiger partial charge in [0.15, 0.2) is 0 Å². The average molecular weight is 325 g/mol. The van der Waals surface area contributed by atoms with Crippen LogP contribution in [0.2, 0.25) is 0 Å². The van der Waals surface area contributed by atoms with E-state index in [1.54, 1.807) is 7.11 Å². The molecule has 3 heteroatoms. The molecular formula is C21H27NO2. The Morgan fingerprint density at radius 1 is 1.12 bits per heavy atom. The van der Waals surface area contributed by atoms with E-state index < -0.39 is 0 Å².